The van der Waals surface area contributed by atoms with Gasteiger partial charge < -0.3 is 123 Å². The van der Waals surface area contributed by atoms with Crippen molar-refractivity contribution < 1.29 is 113 Å². The van der Waals surface area contributed by atoms with Crippen molar-refractivity contribution >= 4 is 85.7 Å². The summed E-state index contributed by atoms with van der Waals surface area (Å²) in [4.78, 5) is 80.8. The Morgan fingerprint density at radius 3 is 2.03 bits per heavy atom. The number of amides is 1. The molecule has 9 aliphatic rings. The summed E-state index contributed by atoms with van der Waals surface area (Å²) >= 11 is 12.2. The zero-order valence-corrected chi connectivity index (χ0v) is 91.1. The van der Waals surface area contributed by atoms with Crippen molar-refractivity contribution in [3.63, 3.8) is 0 Å². The number of para-hydroxylation sites is 2. The Kier molecular flexibility index (Phi) is 37.6. The molecular weight excluding hydrogens is 1910 g/mol. The van der Waals surface area contributed by atoms with Gasteiger partial charge in [-0.15, -0.1) is 0 Å². The summed E-state index contributed by atoms with van der Waals surface area (Å²) in [7, 11) is 8.59. The lowest BCUT2D eigenvalue weighted by molar-refractivity contribution is -0.318. The number of Topliss-reactive ketones (excluding diaryl/α,β-unsaturated/α-hetero) is 1. The molecule has 11 N–H and O–H groups in total. The molecule has 1 amide bonds. The standard InChI is InChI=1S/C46H62N4O11.C38H72N2O12.C27H22Cl2N4/c1-22(2)21-50-18-16-46(17-19-50)48-34-31-32-39(54)28(8)42-33(31)43(56)45(10,61-42)59-20-15-30(58-11)25(5)41(60-29(9)51)27(7)38(53)26(6)37(52)23(3)13-12-14-24(4)44(57)47-36(40(32)55)35(34)49-46;1-15-27-38(10,46)31(42)24(6)40(13)19-20(2)17-36(8,45)33(52-35-29(41)26(39(11)12)16-21(3)48-35)22(4)30(23(5)34(44)50-27)51-28-18-37(9,47-14)32(43)25(7)49-28;1-17(2)30-24-16-27-25(15-23(24)31-20-11-7-18(28)8-12-20)32-22-5-3-4-6-26(22)33(27)21-13-9-19(29)10-14-21/h12-15,20,22-23,25-27,30,37-38,41,48,52-55H,16-19,21H2,1-11H3;20-33,35,41-43,45-46H,15-19H2,1-14H3;3-17,31H,1-2H3/b13-12+,20-15+,24-14-,47-36?;;/t23-,25+,26+,27+,30-,37-,38+,41+,45-;20-,21-,22+,23-,24-,25+,26+,27-,28+,29-,30+,31-,32+,33-,35+,36-,37-,38-;/m01./s1. The molecule has 14 rings (SSSR count). The number of nitrogens with zero attached hydrogens (tertiary/aromatic N) is 8. The number of nitrogens with one attached hydrogen (secondary N) is 2. The smallest absolute Gasteiger partial charge is 0.312 e. The lowest BCUT2D eigenvalue weighted by Gasteiger charge is -2.48. The normalized spacial score (nSPS) is 34.0. The number of hydrogen-bond donors (Lipinski definition) is 11. The van der Waals surface area contributed by atoms with E-state index in [0.29, 0.717) is 47.5 Å². The molecule has 27 atom stereocenters. The number of aromatic nitrogens is 2. The van der Waals surface area contributed by atoms with Gasteiger partial charge in [-0.05, 0) is 207 Å². The number of likely N-dealkylation sites (N-methyl/N-ethyl adjacent to an activating group) is 2. The Balaban J connectivity index is 0.000000203. The highest BCUT2D eigenvalue weighted by Crippen LogP contribution is 2.53. The van der Waals surface area contributed by atoms with E-state index in [-0.39, 0.29) is 93.1 Å². The molecule has 5 aromatic rings. The minimum absolute atomic E-state index is 0.0538. The van der Waals surface area contributed by atoms with E-state index in [1.54, 1.807) is 107 Å². The second-order valence-corrected chi connectivity index (χ2v) is 44.1. The third-order valence-electron chi connectivity index (χ3n) is 30.4. The monoisotopic (exact) mass is 2070 g/mol. The molecule has 4 bridgehead atoms. The van der Waals surface area contributed by atoms with Gasteiger partial charge in [0.05, 0.1) is 116 Å². The molecule has 35 heteroatoms. The van der Waals surface area contributed by atoms with Gasteiger partial charge in [-0.1, -0.05) is 116 Å². The fourth-order valence-electron chi connectivity index (χ4n) is 21.9. The topological polar surface area (TPSA) is 431 Å². The fourth-order valence-corrected chi connectivity index (χ4v) is 22.1. The third-order valence-corrected chi connectivity index (χ3v) is 30.9. The number of piperidine rings is 1. The molecule has 4 saturated heterocycles. The van der Waals surface area contributed by atoms with Crippen molar-refractivity contribution in [1.82, 2.24) is 24.3 Å². The number of likely N-dealkylation sites (tertiary alicyclic amines) is 1. The van der Waals surface area contributed by atoms with Crippen molar-refractivity contribution in [3.05, 3.63) is 158 Å². The van der Waals surface area contributed by atoms with Gasteiger partial charge >= 0.3 is 17.7 Å². The summed E-state index contributed by atoms with van der Waals surface area (Å²) in [5.74, 6) is -9.15. The largest absolute Gasteiger partial charge is 0.507 e. The van der Waals surface area contributed by atoms with Crippen molar-refractivity contribution in [1.29, 1.82) is 0 Å². The van der Waals surface area contributed by atoms with Gasteiger partial charge in [0.1, 0.15) is 64.0 Å². The van der Waals surface area contributed by atoms with E-state index < -0.39 is 179 Å². The zero-order chi connectivity index (χ0) is 107. The second kappa shape index (κ2) is 47.6. The molecule has 33 nitrogen and oxygen atoms in total. The Bertz CT molecular complexity index is 6030. The number of aliphatic hydroxyl groups is 7. The number of benzene rings is 6. The van der Waals surface area contributed by atoms with Gasteiger partial charge in [0.25, 0.3) is 11.7 Å². The molecule has 4 fully saturated rings. The molecule has 0 radical (unpaired) electrons. The van der Waals surface area contributed by atoms with E-state index in [1.807, 2.05) is 118 Å². The van der Waals surface area contributed by atoms with Crippen molar-refractivity contribution in [2.75, 3.05) is 72.2 Å². The molecule has 146 heavy (non-hydrogen) atoms. The number of phenolic OH excluding ortho intramolecular Hbond substituents is 2. The zero-order valence-electron chi connectivity index (χ0n) is 89.5. The van der Waals surface area contributed by atoms with Crippen LogP contribution in [0.1, 0.15) is 200 Å². The number of halogens is 2. The van der Waals surface area contributed by atoms with Gasteiger partial charge in [-0.2, -0.15) is 0 Å². The van der Waals surface area contributed by atoms with Crippen LogP contribution >= 0.6 is 23.2 Å². The molecule has 5 aromatic carbocycles. The Labute approximate surface area is 867 Å². The maximum Gasteiger partial charge on any atom is 0.312 e. The van der Waals surface area contributed by atoms with E-state index in [2.05, 4.69) is 71.0 Å². The van der Waals surface area contributed by atoms with Crippen molar-refractivity contribution in [2.45, 2.75) is 323 Å². The highest BCUT2D eigenvalue weighted by molar-refractivity contribution is 6.31. The van der Waals surface area contributed by atoms with Crippen LogP contribution in [0.2, 0.25) is 10.0 Å². The summed E-state index contributed by atoms with van der Waals surface area (Å²) in [5.41, 5.74) is 2.11. The number of fused-ring (bicyclic) bond motifs is 3. The minimum Gasteiger partial charge on any atom is -0.507 e. The number of aliphatic hydroxyl groups excluding tert-OH is 5. The Morgan fingerprint density at radius 2 is 1.41 bits per heavy atom. The molecule has 1 aliphatic carbocycles. The van der Waals surface area contributed by atoms with Crippen LogP contribution < -0.4 is 31.4 Å². The highest BCUT2D eigenvalue weighted by Gasteiger charge is 2.56. The number of ether oxygens (including phenoxy) is 10. The summed E-state index contributed by atoms with van der Waals surface area (Å²) in [6.45, 7) is 41.7. The van der Waals surface area contributed by atoms with Crippen molar-refractivity contribution in [2.24, 2.45) is 62.3 Å². The van der Waals surface area contributed by atoms with Crippen LogP contribution in [0.25, 0.3) is 38.9 Å². The third kappa shape index (κ3) is 25.3. The molecule has 0 saturated carbocycles. The number of cyclic esters (lactones) is 1. The number of hydrogen-bond acceptors (Lipinski definition) is 31. The van der Waals surface area contributed by atoms with Crippen LogP contribution in [-0.4, -0.2) is 288 Å². The molecule has 0 aromatic heterocycles. The van der Waals surface area contributed by atoms with Gasteiger partial charge in [0, 0.05) is 159 Å². The predicted octanol–water partition coefficient (Wildman–Crippen LogP) is 14.1. The summed E-state index contributed by atoms with van der Waals surface area (Å²) in [5, 5.41) is 114. The lowest BCUT2D eigenvalue weighted by Crippen LogP contribution is -2.60. The SMILES string of the molecule is CC(C)N=c1cc2n(-c3ccc(Cl)cc3)c3ccccc3nc-2cc1Nc1ccc(Cl)cc1.CC[C@H]1OC(=O)[C@H](C)[C@@H](O[C@H]2C[C@@](C)(OC)[C@@H](O)[C@H](C)O2)[C@H](C)[C@@H](O[C@@H]2O[C@H](C)C[C@H](N(C)C)[C@H]2O)[C@](C)(O)C[C@@H](C)CN(C)[C@H](C)[C@@H](O)[C@]1(C)O.CO[C@H]1/C=C/O[C@@]2(C)Oc3c(C)c(O)c4c(O)c(c5c(c4c3C2=O)NC2(CCN(CC(C)C)CC2)N=5)=NC(=O)/C(C)=C\C=C\[C@H](C)[C@H](O)[C@@H](C)[C@@H](O)[C@@H](C)[C@H](OC(C)=O)[C@@H]1C. The lowest BCUT2D eigenvalue weighted by atomic mass is 9.77. The number of ketones is 1. The number of carbonyl (C=O) groups is 4. The number of allylic oxidation sites excluding steroid dienone is 2. The first kappa shape index (κ1) is 116. The average molecular weight is 2070 g/mol. The van der Waals surface area contributed by atoms with Crippen LogP contribution in [0.5, 0.6) is 17.2 Å². The first-order valence-corrected chi connectivity index (χ1v) is 51.9. The van der Waals surface area contributed by atoms with Gasteiger partial charge in [0.15, 0.2) is 18.3 Å². The number of aromatic hydroxyl groups is 2. The van der Waals surface area contributed by atoms with E-state index in [4.69, 9.17) is 85.5 Å². The first-order chi connectivity index (χ1) is 68.5. The number of phenols is 2. The number of esters is 2. The van der Waals surface area contributed by atoms with Gasteiger partial charge in [-0.25, -0.2) is 9.98 Å². The van der Waals surface area contributed by atoms with E-state index in [9.17, 15) is 65.1 Å². The van der Waals surface area contributed by atoms with E-state index >= 15 is 0 Å². The second-order valence-electron chi connectivity index (χ2n) is 43.3. The summed E-state index contributed by atoms with van der Waals surface area (Å²) in [6.07, 6.45) is -3.12. The summed E-state index contributed by atoms with van der Waals surface area (Å²) in [6, 6.07) is 27.1. The number of anilines is 3. The Hall–Kier alpha value is -9.18. The molecule has 1 spiro atoms. The quantitative estimate of drug-likeness (QED) is 0.0258. The fraction of sp³-hybridized carbons (Fsp3) is 0.604. The van der Waals surface area contributed by atoms with Crippen LogP contribution in [0, 0.1) is 54.3 Å². The average Bonchev–Trinajstić information content (AvgIpc) is 1.52. The summed E-state index contributed by atoms with van der Waals surface area (Å²) < 4.78 is 63.7. The van der Waals surface area contributed by atoms with Crippen LogP contribution in [0.3, 0.4) is 0 Å². The predicted molar refractivity (Wildman–Crippen MR) is 560 cm³/mol. The van der Waals surface area contributed by atoms with E-state index in [0.717, 1.165) is 64.5 Å². The van der Waals surface area contributed by atoms with Crippen molar-refractivity contribution in [3.8, 4) is 34.3 Å². The van der Waals surface area contributed by atoms with Gasteiger partial charge in [0.2, 0.25) is 0 Å². The Morgan fingerprint density at radius 1 is 0.760 bits per heavy atom. The van der Waals surface area contributed by atoms with Gasteiger partial charge in [-0.3, -0.25) is 29.2 Å². The maximum atomic E-state index is 14.7. The molecule has 8 aliphatic heterocycles. The van der Waals surface area contributed by atoms with Crippen LogP contribution in [0.15, 0.2) is 136 Å². The highest BCUT2D eigenvalue weighted by atomic mass is 35.5. The maximum absolute atomic E-state index is 14.7. The molecule has 0 unspecified atom stereocenters. The molecule has 8 heterocycles. The van der Waals surface area contributed by atoms with Crippen LogP contribution in [-0.2, 0) is 57.0 Å². The van der Waals surface area contributed by atoms with Crippen LogP contribution in [0.4, 0.5) is 17.1 Å². The molecule has 802 valence electrons. The minimum atomic E-state index is -1.95. The molecular formula is C111H156Cl2N10O23. The number of carbonyl (C=O) groups excluding carboxylic acids is 4. The van der Waals surface area contributed by atoms with E-state index in [1.165, 1.54) is 41.3 Å². The number of methoxy groups -OCH3 is 2. The number of rotatable bonds is 15. The first-order valence-electron chi connectivity index (χ1n) is 51.1.